The predicted molar refractivity (Wildman–Crippen MR) is 126 cm³/mol. The van der Waals surface area contributed by atoms with E-state index in [-0.39, 0.29) is 24.9 Å². The van der Waals surface area contributed by atoms with E-state index in [9.17, 15) is 14.4 Å². The van der Waals surface area contributed by atoms with Gasteiger partial charge in [-0.2, -0.15) is 0 Å². The molecule has 1 atom stereocenters. The lowest BCUT2D eigenvalue weighted by atomic mass is 9.98. The summed E-state index contributed by atoms with van der Waals surface area (Å²) in [7, 11) is 0. The number of carbonyl (C=O) groups is 3. The van der Waals surface area contributed by atoms with Crippen LogP contribution < -0.4 is 10.6 Å². The van der Waals surface area contributed by atoms with Gasteiger partial charge in [0.2, 0.25) is 5.91 Å². The number of amides is 2. The van der Waals surface area contributed by atoms with E-state index in [0.717, 1.165) is 22.3 Å². The van der Waals surface area contributed by atoms with Crippen LogP contribution >= 0.6 is 0 Å². The molecule has 1 aliphatic rings. The number of ether oxygens (including phenoxy) is 1. The van der Waals surface area contributed by atoms with Gasteiger partial charge in [0.15, 0.2) is 0 Å². The normalized spacial score (nSPS) is 13.7. The van der Waals surface area contributed by atoms with Crippen molar-refractivity contribution in [1.82, 2.24) is 10.6 Å². The molecule has 1 unspecified atom stereocenters. The summed E-state index contributed by atoms with van der Waals surface area (Å²) in [6, 6.07) is 15.3. The highest BCUT2D eigenvalue weighted by Gasteiger charge is 2.31. The molecule has 33 heavy (non-hydrogen) atoms. The quantitative estimate of drug-likeness (QED) is 0.526. The van der Waals surface area contributed by atoms with Gasteiger partial charge < -0.3 is 20.5 Å². The van der Waals surface area contributed by atoms with Crippen molar-refractivity contribution >= 4 is 18.0 Å². The van der Waals surface area contributed by atoms with Gasteiger partial charge in [0.05, 0.1) is 6.42 Å². The van der Waals surface area contributed by atoms with Crippen LogP contribution in [0.1, 0.15) is 57.6 Å². The maximum atomic E-state index is 12.8. The molecule has 0 bridgehead atoms. The Labute approximate surface area is 194 Å². The average Bonchev–Trinajstić information content (AvgIpc) is 3.04. The summed E-state index contributed by atoms with van der Waals surface area (Å²) in [5.74, 6) is -1.37. The Hall–Kier alpha value is -3.35. The minimum atomic E-state index is -1.01. The van der Waals surface area contributed by atoms with E-state index in [1.54, 1.807) is 13.8 Å². The Morgan fingerprint density at radius 1 is 1.00 bits per heavy atom. The largest absolute Gasteiger partial charge is 0.481 e. The van der Waals surface area contributed by atoms with Crippen molar-refractivity contribution in [3.05, 3.63) is 59.7 Å². The second-order valence-corrected chi connectivity index (χ2v) is 9.60. The summed E-state index contributed by atoms with van der Waals surface area (Å²) in [6.45, 7) is 7.32. The zero-order valence-electron chi connectivity index (χ0n) is 19.6. The molecule has 2 amide bonds. The van der Waals surface area contributed by atoms with Crippen LogP contribution in [0.25, 0.3) is 11.1 Å². The van der Waals surface area contributed by atoms with E-state index >= 15 is 0 Å². The van der Waals surface area contributed by atoms with Crippen molar-refractivity contribution < 1.29 is 24.2 Å². The van der Waals surface area contributed by atoms with Crippen molar-refractivity contribution in [3.63, 3.8) is 0 Å². The zero-order valence-corrected chi connectivity index (χ0v) is 19.6. The molecule has 7 heteroatoms. The molecule has 0 spiro atoms. The van der Waals surface area contributed by atoms with E-state index < -0.39 is 29.6 Å². The third kappa shape index (κ3) is 6.12. The highest BCUT2D eigenvalue weighted by Crippen LogP contribution is 2.44. The summed E-state index contributed by atoms with van der Waals surface area (Å²) in [5, 5.41) is 14.5. The molecule has 2 aromatic carbocycles. The minimum Gasteiger partial charge on any atom is -0.481 e. The number of carboxylic acids is 1. The molecule has 0 fully saturated rings. The summed E-state index contributed by atoms with van der Waals surface area (Å²) < 4.78 is 5.57. The van der Waals surface area contributed by atoms with Gasteiger partial charge in [-0.15, -0.1) is 0 Å². The van der Waals surface area contributed by atoms with Crippen LogP contribution in [0.5, 0.6) is 0 Å². The molecule has 176 valence electrons. The van der Waals surface area contributed by atoms with E-state index in [2.05, 4.69) is 22.8 Å². The van der Waals surface area contributed by atoms with Gasteiger partial charge in [-0.05, 0) is 48.4 Å². The fourth-order valence-corrected chi connectivity index (χ4v) is 4.33. The average molecular weight is 453 g/mol. The van der Waals surface area contributed by atoms with Crippen LogP contribution in [0.15, 0.2) is 48.5 Å². The SMILES string of the molecule is CC(C)CC(NC(=O)OCC1c2ccccc2-c2ccccc21)C(=O)NC(C)(C)CC(=O)O. The number of carboxylic acid groups (broad SMARTS) is 1. The maximum Gasteiger partial charge on any atom is 0.407 e. The van der Waals surface area contributed by atoms with Gasteiger partial charge in [0.25, 0.3) is 0 Å². The maximum absolute atomic E-state index is 12.8. The van der Waals surface area contributed by atoms with Crippen molar-refractivity contribution in [2.45, 2.75) is 58.0 Å². The molecule has 7 nitrogen and oxygen atoms in total. The van der Waals surface area contributed by atoms with Crippen LogP contribution in [0.4, 0.5) is 4.79 Å². The first-order valence-corrected chi connectivity index (χ1v) is 11.2. The highest BCUT2D eigenvalue weighted by atomic mass is 16.5. The summed E-state index contributed by atoms with van der Waals surface area (Å²) in [5.41, 5.74) is 3.55. The number of fused-ring (bicyclic) bond motifs is 3. The molecule has 0 heterocycles. The molecule has 0 aliphatic heterocycles. The third-order valence-electron chi connectivity index (χ3n) is 5.71. The Morgan fingerprint density at radius 3 is 2.06 bits per heavy atom. The highest BCUT2D eigenvalue weighted by molar-refractivity contribution is 5.86. The second kappa shape index (κ2) is 10.1. The number of hydrogen-bond acceptors (Lipinski definition) is 4. The van der Waals surface area contributed by atoms with Crippen LogP contribution in [-0.2, 0) is 14.3 Å². The lowest BCUT2D eigenvalue weighted by molar-refractivity contribution is -0.138. The zero-order chi connectivity index (χ0) is 24.2. The number of nitrogens with one attached hydrogen (secondary N) is 2. The Kier molecular flexibility index (Phi) is 7.41. The van der Waals surface area contributed by atoms with Gasteiger partial charge >= 0.3 is 12.1 Å². The lowest BCUT2D eigenvalue weighted by Gasteiger charge is -2.28. The first-order chi connectivity index (χ1) is 15.6. The first-order valence-electron chi connectivity index (χ1n) is 11.2. The summed E-state index contributed by atoms with van der Waals surface area (Å²) >= 11 is 0. The number of aliphatic carboxylic acids is 1. The van der Waals surface area contributed by atoms with Crippen LogP contribution in [0.2, 0.25) is 0 Å². The van der Waals surface area contributed by atoms with Gasteiger partial charge in [0.1, 0.15) is 12.6 Å². The number of benzene rings is 2. The molecule has 1 aliphatic carbocycles. The molecule has 2 aromatic rings. The van der Waals surface area contributed by atoms with Gasteiger partial charge in [-0.1, -0.05) is 62.4 Å². The lowest BCUT2D eigenvalue weighted by Crippen LogP contribution is -2.54. The van der Waals surface area contributed by atoms with Crippen molar-refractivity contribution in [1.29, 1.82) is 0 Å². The third-order valence-corrected chi connectivity index (χ3v) is 5.71. The number of rotatable bonds is 9. The van der Waals surface area contributed by atoms with Crippen molar-refractivity contribution in [2.24, 2.45) is 5.92 Å². The fourth-order valence-electron chi connectivity index (χ4n) is 4.33. The number of carbonyl (C=O) groups excluding carboxylic acids is 2. The molecule has 3 rings (SSSR count). The van der Waals surface area contributed by atoms with Gasteiger partial charge in [-0.3, -0.25) is 9.59 Å². The summed E-state index contributed by atoms with van der Waals surface area (Å²) in [6.07, 6.45) is -0.495. The standard InChI is InChI=1S/C26H32N2O5/c1-16(2)13-22(24(31)28-26(3,4)14-23(29)30)27-25(32)33-15-21-19-11-7-5-9-17(19)18-10-6-8-12-20(18)21/h5-12,16,21-22H,13-15H2,1-4H3,(H,27,32)(H,28,31)(H,29,30). The number of hydrogen-bond donors (Lipinski definition) is 3. The van der Waals surface area contributed by atoms with Crippen molar-refractivity contribution in [3.8, 4) is 11.1 Å². The first kappa shape index (κ1) is 24.3. The van der Waals surface area contributed by atoms with E-state index in [1.165, 1.54) is 0 Å². The predicted octanol–water partition coefficient (Wildman–Crippen LogP) is 4.31. The fraction of sp³-hybridized carbons (Fsp3) is 0.423. The molecular weight excluding hydrogens is 420 g/mol. The van der Waals surface area contributed by atoms with Crippen LogP contribution in [-0.4, -0.2) is 41.3 Å². The topological polar surface area (TPSA) is 105 Å². The molecule has 0 saturated carbocycles. The van der Waals surface area contributed by atoms with Gasteiger partial charge in [-0.25, -0.2) is 4.79 Å². The smallest absolute Gasteiger partial charge is 0.407 e. The molecule has 0 aromatic heterocycles. The van der Waals surface area contributed by atoms with Crippen LogP contribution in [0.3, 0.4) is 0 Å². The second-order valence-electron chi connectivity index (χ2n) is 9.60. The van der Waals surface area contributed by atoms with Crippen molar-refractivity contribution in [2.75, 3.05) is 6.61 Å². The van der Waals surface area contributed by atoms with Gasteiger partial charge in [0, 0.05) is 11.5 Å². The monoisotopic (exact) mass is 452 g/mol. The van der Waals surface area contributed by atoms with E-state index in [4.69, 9.17) is 9.84 Å². The van der Waals surface area contributed by atoms with Crippen LogP contribution in [0, 0.1) is 5.92 Å². The number of alkyl carbamates (subject to hydrolysis) is 1. The summed E-state index contributed by atoms with van der Waals surface area (Å²) in [4.78, 5) is 36.5. The Bertz CT molecular complexity index is 985. The Balaban J connectivity index is 1.66. The van der Waals surface area contributed by atoms with E-state index in [0.29, 0.717) is 6.42 Å². The molecule has 0 saturated heterocycles. The van der Waals surface area contributed by atoms with E-state index in [1.807, 2.05) is 50.2 Å². The molecule has 3 N–H and O–H groups in total. The molecule has 0 radical (unpaired) electrons. The Morgan fingerprint density at radius 2 is 1.55 bits per heavy atom. The minimum absolute atomic E-state index is 0.0741. The molecular formula is C26H32N2O5.